The van der Waals surface area contributed by atoms with Gasteiger partial charge in [0.1, 0.15) is 11.3 Å². The molecule has 0 fully saturated rings. The molecule has 2 aromatic carbocycles. The van der Waals surface area contributed by atoms with Crippen molar-refractivity contribution in [1.82, 2.24) is 5.32 Å². The molecule has 0 unspecified atom stereocenters. The van der Waals surface area contributed by atoms with Crippen molar-refractivity contribution >= 4 is 22.7 Å². The summed E-state index contributed by atoms with van der Waals surface area (Å²) in [7, 11) is 1.86. The fraction of sp³-hybridized carbons (Fsp3) is 0.148. The second-order valence-electron chi connectivity index (χ2n) is 7.53. The van der Waals surface area contributed by atoms with Gasteiger partial charge in [0, 0.05) is 41.2 Å². The number of nitrogens with zero attached hydrogens (tertiary/aromatic N) is 1. The highest BCUT2D eigenvalue weighted by molar-refractivity contribution is 6.12. The van der Waals surface area contributed by atoms with E-state index >= 15 is 0 Å². The van der Waals surface area contributed by atoms with Crippen LogP contribution in [0.15, 0.2) is 64.0 Å². The molecule has 6 heteroatoms. The number of carboxylic acid groups (broad SMARTS) is 1. The molecular weight excluding hydrogens is 416 g/mol. The zero-order valence-corrected chi connectivity index (χ0v) is 18.3. The lowest BCUT2D eigenvalue weighted by molar-refractivity contribution is 0.0697. The van der Waals surface area contributed by atoms with E-state index in [0.29, 0.717) is 35.6 Å². The summed E-state index contributed by atoms with van der Waals surface area (Å²) in [6.45, 7) is 3.24. The Morgan fingerprint density at radius 1 is 1.09 bits per heavy atom. The Labute approximate surface area is 190 Å². The topological polar surface area (TPSA) is 91.9 Å². The molecule has 1 aliphatic heterocycles. The van der Waals surface area contributed by atoms with Gasteiger partial charge >= 0.3 is 5.97 Å². The number of carbonyl (C=O) groups excluding carboxylic acids is 1. The third-order valence-corrected chi connectivity index (χ3v) is 5.40. The molecule has 6 nitrogen and oxygen atoms in total. The van der Waals surface area contributed by atoms with Crippen LogP contribution in [0.3, 0.4) is 0 Å². The van der Waals surface area contributed by atoms with Crippen LogP contribution in [0.5, 0.6) is 0 Å². The third kappa shape index (κ3) is 4.14. The van der Waals surface area contributed by atoms with Gasteiger partial charge in [-0.15, -0.1) is 6.42 Å². The summed E-state index contributed by atoms with van der Waals surface area (Å²) < 4.78 is 6.25. The number of carbonyl (C=O) groups is 2. The van der Waals surface area contributed by atoms with E-state index in [2.05, 4.69) is 10.3 Å². The van der Waals surface area contributed by atoms with Crippen molar-refractivity contribution in [2.75, 3.05) is 13.6 Å². The van der Waals surface area contributed by atoms with Gasteiger partial charge in [0.15, 0.2) is 0 Å². The van der Waals surface area contributed by atoms with Crippen LogP contribution in [0.1, 0.15) is 33.2 Å². The molecule has 1 aliphatic carbocycles. The molecular formula is C27H22N2O4. The average Bonchev–Trinajstić information content (AvgIpc) is 2.82. The molecule has 0 saturated carbocycles. The smallest absolute Gasteiger partial charge is 0.336 e. The Morgan fingerprint density at radius 3 is 2.58 bits per heavy atom. The van der Waals surface area contributed by atoms with Crippen LogP contribution in [-0.4, -0.2) is 30.5 Å². The third-order valence-electron chi connectivity index (χ3n) is 5.40. The lowest BCUT2D eigenvalue weighted by Gasteiger charge is -2.18. The first-order valence-electron chi connectivity index (χ1n) is 10.5. The van der Waals surface area contributed by atoms with E-state index in [4.69, 9.17) is 10.8 Å². The standard InChI is InChI=1S/C27H22N2O4/c1-4-23(30)17-7-10-19(22(13-17)27(31)32)26-20-9-6-16(15-28-3)12-24(20)33-25-14-18(29-5-2)8-11-21(25)26/h1,6-14,28H,5,15H2,2-3H3,(H,31,32)/b29-18-. The van der Waals surface area contributed by atoms with Crippen molar-refractivity contribution in [3.05, 3.63) is 76.6 Å². The predicted molar refractivity (Wildman–Crippen MR) is 127 cm³/mol. The lowest BCUT2D eigenvalue weighted by Crippen LogP contribution is -2.07. The van der Waals surface area contributed by atoms with Crippen molar-refractivity contribution in [3.8, 4) is 34.8 Å². The zero-order valence-electron chi connectivity index (χ0n) is 18.3. The van der Waals surface area contributed by atoms with Crippen LogP contribution in [0.4, 0.5) is 0 Å². The van der Waals surface area contributed by atoms with Crippen LogP contribution < -0.4 is 10.7 Å². The van der Waals surface area contributed by atoms with Crippen molar-refractivity contribution in [2.24, 2.45) is 4.99 Å². The van der Waals surface area contributed by atoms with Gasteiger partial charge in [-0.1, -0.05) is 18.2 Å². The number of benzene rings is 3. The minimum Gasteiger partial charge on any atom is -0.478 e. The van der Waals surface area contributed by atoms with Crippen molar-refractivity contribution in [1.29, 1.82) is 0 Å². The molecule has 0 amide bonds. The number of nitrogens with one attached hydrogen (secondary N) is 1. The second-order valence-corrected chi connectivity index (χ2v) is 7.53. The van der Waals surface area contributed by atoms with E-state index in [1.54, 1.807) is 12.1 Å². The van der Waals surface area contributed by atoms with Gasteiger partial charge in [-0.25, -0.2) is 4.79 Å². The SMILES string of the molecule is C#CC(=O)c1ccc(-c2c3cc/c(=N/CC)cc-3oc3cc(CNC)ccc23)c(C(=O)O)c1. The Bertz CT molecular complexity index is 1470. The van der Waals surface area contributed by atoms with Gasteiger partial charge in [0.25, 0.3) is 0 Å². The summed E-state index contributed by atoms with van der Waals surface area (Å²) in [5.41, 5.74) is 3.74. The first-order chi connectivity index (χ1) is 16.0. The van der Waals surface area contributed by atoms with Crippen LogP contribution in [0, 0.1) is 12.3 Å². The molecule has 0 radical (unpaired) electrons. The maximum Gasteiger partial charge on any atom is 0.336 e. The molecule has 0 bridgehead atoms. The monoisotopic (exact) mass is 438 g/mol. The first-order valence-corrected chi connectivity index (χ1v) is 10.5. The van der Waals surface area contributed by atoms with E-state index in [1.165, 1.54) is 6.07 Å². The fourth-order valence-corrected chi connectivity index (χ4v) is 3.97. The van der Waals surface area contributed by atoms with Crippen molar-refractivity contribution in [3.63, 3.8) is 0 Å². The molecule has 0 saturated heterocycles. The normalized spacial score (nSPS) is 11.6. The number of hydrogen-bond acceptors (Lipinski definition) is 5. The van der Waals surface area contributed by atoms with Gasteiger partial charge < -0.3 is 14.8 Å². The molecule has 4 rings (SSSR count). The molecule has 0 aromatic heterocycles. The van der Waals surface area contributed by atoms with Crippen LogP contribution in [-0.2, 0) is 6.54 Å². The highest BCUT2D eigenvalue weighted by atomic mass is 16.4. The minimum atomic E-state index is -1.15. The molecule has 2 N–H and O–H groups in total. The number of aromatic carboxylic acids is 1. The van der Waals surface area contributed by atoms with Gasteiger partial charge in [-0.3, -0.25) is 9.79 Å². The Balaban J connectivity index is 2.11. The molecule has 1 heterocycles. The summed E-state index contributed by atoms with van der Waals surface area (Å²) in [5.74, 6) is 0.915. The number of Topliss-reactive ketones (excluding diaryl/α,β-unsaturated/α-hetero) is 1. The number of ketones is 1. The van der Waals surface area contributed by atoms with Gasteiger partial charge in [-0.05, 0) is 61.4 Å². The van der Waals surface area contributed by atoms with Gasteiger partial charge in [0.05, 0.1) is 10.9 Å². The lowest BCUT2D eigenvalue weighted by atomic mass is 9.89. The van der Waals surface area contributed by atoms with Crippen molar-refractivity contribution in [2.45, 2.75) is 13.5 Å². The highest BCUT2D eigenvalue weighted by Gasteiger charge is 2.22. The fourth-order valence-electron chi connectivity index (χ4n) is 3.97. The molecule has 0 spiro atoms. The van der Waals surface area contributed by atoms with Gasteiger partial charge in [-0.2, -0.15) is 0 Å². The summed E-state index contributed by atoms with van der Waals surface area (Å²) in [6.07, 6.45) is 5.23. The summed E-state index contributed by atoms with van der Waals surface area (Å²) in [4.78, 5) is 28.6. The molecule has 33 heavy (non-hydrogen) atoms. The Kier molecular flexibility index (Phi) is 6.07. The van der Waals surface area contributed by atoms with Crippen molar-refractivity contribution < 1.29 is 19.1 Å². The largest absolute Gasteiger partial charge is 0.478 e. The van der Waals surface area contributed by atoms with E-state index in [0.717, 1.165) is 21.9 Å². The first kappa shape index (κ1) is 22.0. The maximum atomic E-state index is 12.2. The Hall–Kier alpha value is -4.21. The number of hydrogen-bond donors (Lipinski definition) is 2. The summed E-state index contributed by atoms with van der Waals surface area (Å²) in [5, 5.41) is 14.6. The molecule has 2 aromatic rings. The molecule has 2 aliphatic rings. The second kappa shape index (κ2) is 9.11. The average molecular weight is 438 g/mol. The van der Waals surface area contributed by atoms with E-state index in [1.807, 2.05) is 56.3 Å². The molecule has 164 valence electrons. The van der Waals surface area contributed by atoms with Crippen LogP contribution in [0.25, 0.3) is 33.4 Å². The number of terminal acetylenes is 1. The number of carboxylic acids is 1. The Morgan fingerprint density at radius 2 is 1.88 bits per heavy atom. The quantitative estimate of drug-likeness (QED) is 0.202. The molecule has 0 atom stereocenters. The highest BCUT2D eigenvalue weighted by Crippen LogP contribution is 2.41. The van der Waals surface area contributed by atoms with Gasteiger partial charge in [0.2, 0.25) is 5.78 Å². The van der Waals surface area contributed by atoms with E-state index < -0.39 is 11.8 Å². The maximum absolute atomic E-state index is 12.2. The van der Waals surface area contributed by atoms with Crippen LogP contribution >= 0.6 is 0 Å². The van der Waals surface area contributed by atoms with E-state index in [9.17, 15) is 14.7 Å². The van der Waals surface area contributed by atoms with Crippen LogP contribution in [0.2, 0.25) is 0 Å². The summed E-state index contributed by atoms with van der Waals surface area (Å²) in [6, 6.07) is 16.0. The zero-order chi connectivity index (χ0) is 23.5. The van der Waals surface area contributed by atoms with E-state index in [-0.39, 0.29) is 11.1 Å². The predicted octanol–water partition coefficient (Wildman–Crippen LogP) is 4.36. The number of fused-ring (bicyclic) bond motifs is 2. The number of rotatable bonds is 6. The minimum absolute atomic E-state index is 0.00785. The summed E-state index contributed by atoms with van der Waals surface area (Å²) >= 11 is 0.